The number of aromatic nitrogens is 1. The molecule has 0 aliphatic heterocycles. The van der Waals surface area contributed by atoms with Gasteiger partial charge in [0, 0.05) is 17.7 Å². The lowest BCUT2D eigenvalue weighted by atomic mass is 9.87. The van der Waals surface area contributed by atoms with Gasteiger partial charge >= 0.3 is 0 Å². The molecule has 144 valence electrons. The molecular formula is C23H24FN3O. The van der Waals surface area contributed by atoms with Crippen molar-refractivity contribution in [3.63, 3.8) is 0 Å². The van der Waals surface area contributed by atoms with Crippen molar-refractivity contribution in [3.8, 4) is 0 Å². The third kappa shape index (κ3) is 4.94. The zero-order valence-corrected chi connectivity index (χ0v) is 16.3. The number of pyridine rings is 1. The van der Waals surface area contributed by atoms with Gasteiger partial charge in [0.2, 0.25) is 0 Å². The van der Waals surface area contributed by atoms with E-state index in [2.05, 4.69) is 36.4 Å². The van der Waals surface area contributed by atoms with Crippen LogP contribution in [0.3, 0.4) is 0 Å². The molecule has 2 aromatic carbocycles. The van der Waals surface area contributed by atoms with Crippen LogP contribution in [0.2, 0.25) is 0 Å². The summed E-state index contributed by atoms with van der Waals surface area (Å²) in [7, 11) is 0. The van der Waals surface area contributed by atoms with E-state index >= 15 is 0 Å². The summed E-state index contributed by atoms with van der Waals surface area (Å²) in [6.07, 6.45) is 1.57. The number of nitrogens with zero attached hydrogens (tertiary/aromatic N) is 1. The standard InChI is InChI=1S/C23H24FN3O/c1-23(2,3)18-10-8-16(9-11-18)22(28)27-19-12-13-21(26-15-19)25-14-17-6-4-5-7-20(17)24/h4-13,15H,14H2,1-3H3,(H,25,26)(H,27,28). The van der Waals surface area contributed by atoms with Crippen LogP contribution in [-0.4, -0.2) is 10.9 Å². The van der Waals surface area contributed by atoms with E-state index in [9.17, 15) is 9.18 Å². The Hall–Kier alpha value is -3.21. The van der Waals surface area contributed by atoms with Gasteiger partial charge in [-0.05, 0) is 41.3 Å². The lowest BCUT2D eigenvalue weighted by molar-refractivity contribution is 0.102. The second-order valence-electron chi connectivity index (χ2n) is 7.66. The Balaban J connectivity index is 1.59. The van der Waals surface area contributed by atoms with Crippen molar-refractivity contribution in [2.75, 3.05) is 10.6 Å². The minimum Gasteiger partial charge on any atom is -0.366 e. The van der Waals surface area contributed by atoms with Crippen LogP contribution in [0.25, 0.3) is 0 Å². The second kappa shape index (κ2) is 8.21. The van der Waals surface area contributed by atoms with Crippen LogP contribution in [0.5, 0.6) is 0 Å². The average molecular weight is 377 g/mol. The summed E-state index contributed by atoms with van der Waals surface area (Å²) >= 11 is 0. The molecule has 3 aromatic rings. The molecule has 3 rings (SSSR count). The van der Waals surface area contributed by atoms with Crippen molar-refractivity contribution >= 4 is 17.4 Å². The van der Waals surface area contributed by atoms with Gasteiger partial charge in [-0.25, -0.2) is 9.37 Å². The summed E-state index contributed by atoms with van der Waals surface area (Å²) in [5.41, 5.74) is 2.98. The number of halogens is 1. The molecule has 0 fully saturated rings. The van der Waals surface area contributed by atoms with E-state index in [0.717, 1.165) is 0 Å². The smallest absolute Gasteiger partial charge is 0.255 e. The van der Waals surface area contributed by atoms with E-state index in [1.165, 1.54) is 11.6 Å². The van der Waals surface area contributed by atoms with Gasteiger partial charge in [0.15, 0.2) is 0 Å². The molecule has 28 heavy (non-hydrogen) atoms. The first kappa shape index (κ1) is 19.5. The van der Waals surface area contributed by atoms with Crippen LogP contribution in [0.15, 0.2) is 66.9 Å². The van der Waals surface area contributed by atoms with Crippen LogP contribution in [0.4, 0.5) is 15.9 Å². The van der Waals surface area contributed by atoms with Crippen LogP contribution < -0.4 is 10.6 Å². The summed E-state index contributed by atoms with van der Waals surface area (Å²) in [5, 5.41) is 5.91. The molecule has 2 N–H and O–H groups in total. The molecular weight excluding hydrogens is 353 g/mol. The zero-order chi connectivity index (χ0) is 20.1. The maximum Gasteiger partial charge on any atom is 0.255 e. The molecule has 0 bridgehead atoms. The highest BCUT2D eigenvalue weighted by Crippen LogP contribution is 2.22. The number of hydrogen-bond donors (Lipinski definition) is 2. The molecule has 0 unspecified atom stereocenters. The van der Waals surface area contributed by atoms with Crippen molar-refractivity contribution in [1.29, 1.82) is 0 Å². The third-order valence-corrected chi connectivity index (χ3v) is 4.45. The number of hydrogen-bond acceptors (Lipinski definition) is 3. The Labute approximate surface area is 164 Å². The minimum atomic E-state index is -0.253. The SMILES string of the molecule is CC(C)(C)c1ccc(C(=O)Nc2ccc(NCc3ccccc3F)nc2)cc1. The van der Waals surface area contributed by atoms with E-state index in [1.807, 2.05) is 24.3 Å². The third-order valence-electron chi connectivity index (χ3n) is 4.45. The van der Waals surface area contributed by atoms with E-state index in [1.54, 1.807) is 36.5 Å². The van der Waals surface area contributed by atoms with Gasteiger partial charge in [0.25, 0.3) is 5.91 Å². The van der Waals surface area contributed by atoms with Crippen molar-refractivity contribution in [2.24, 2.45) is 0 Å². The fraction of sp³-hybridized carbons (Fsp3) is 0.217. The Bertz CT molecular complexity index is 945. The van der Waals surface area contributed by atoms with E-state index < -0.39 is 0 Å². The second-order valence-corrected chi connectivity index (χ2v) is 7.66. The molecule has 1 aromatic heterocycles. The monoisotopic (exact) mass is 377 g/mol. The Morgan fingerprint density at radius 1 is 1.00 bits per heavy atom. The van der Waals surface area contributed by atoms with Gasteiger partial charge in [0.05, 0.1) is 11.9 Å². The van der Waals surface area contributed by atoms with Crippen molar-refractivity contribution < 1.29 is 9.18 Å². The molecule has 4 nitrogen and oxygen atoms in total. The zero-order valence-electron chi connectivity index (χ0n) is 16.3. The fourth-order valence-corrected chi connectivity index (χ4v) is 2.72. The van der Waals surface area contributed by atoms with Crippen molar-refractivity contribution in [2.45, 2.75) is 32.7 Å². The molecule has 5 heteroatoms. The summed E-state index contributed by atoms with van der Waals surface area (Å²) < 4.78 is 13.6. The molecule has 0 saturated heterocycles. The van der Waals surface area contributed by atoms with Crippen LogP contribution in [-0.2, 0) is 12.0 Å². The van der Waals surface area contributed by atoms with Crippen LogP contribution >= 0.6 is 0 Å². The maximum atomic E-state index is 13.6. The van der Waals surface area contributed by atoms with Gasteiger partial charge in [-0.3, -0.25) is 4.79 Å². The normalized spacial score (nSPS) is 11.1. The molecule has 0 aliphatic rings. The first-order chi connectivity index (χ1) is 13.3. The van der Waals surface area contributed by atoms with Gasteiger partial charge in [-0.2, -0.15) is 0 Å². The summed E-state index contributed by atoms with van der Waals surface area (Å²) in [6, 6.07) is 17.7. The predicted octanol–water partition coefficient (Wildman–Crippen LogP) is 5.38. The van der Waals surface area contributed by atoms with E-state index in [4.69, 9.17) is 0 Å². The maximum absolute atomic E-state index is 13.6. The highest BCUT2D eigenvalue weighted by molar-refractivity contribution is 6.04. The fourth-order valence-electron chi connectivity index (χ4n) is 2.72. The molecule has 1 heterocycles. The summed E-state index contributed by atoms with van der Waals surface area (Å²) in [6.45, 7) is 6.74. The Morgan fingerprint density at radius 2 is 1.71 bits per heavy atom. The molecule has 0 radical (unpaired) electrons. The summed E-state index contributed by atoms with van der Waals surface area (Å²) in [5.74, 6) is 0.168. The molecule has 0 aliphatic carbocycles. The van der Waals surface area contributed by atoms with Gasteiger partial charge in [0.1, 0.15) is 11.6 Å². The minimum absolute atomic E-state index is 0.0461. The van der Waals surface area contributed by atoms with Crippen LogP contribution in [0.1, 0.15) is 42.3 Å². The van der Waals surface area contributed by atoms with E-state index in [-0.39, 0.29) is 17.1 Å². The molecule has 0 saturated carbocycles. The molecule has 0 atom stereocenters. The quantitative estimate of drug-likeness (QED) is 0.627. The highest BCUT2D eigenvalue weighted by Gasteiger charge is 2.14. The van der Waals surface area contributed by atoms with Gasteiger partial charge in [-0.1, -0.05) is 51.1 Å². The average Bonchev–Trinajstić information content (AvgIpc) is 2.68. The molecule has 1 amide bonds. The number of anilines is 2. The first-order valence-corrected chi connectivity index (χ1v) is 9.18. The highest BCUT2D eigenvalue weighted by atomic mass is 19.1. The number of carbonyl (C=O) groups excluding carboxylic acids is 1. The lowest BCUT2D eigenvalue weighted by Crippen LogP contribution is -2.14. The number of benzene rings is 2. The predicted molar refractivity (Wildman–Crippen MR) is 111 cm³/mol. The largest absolute Gasteiger partial charge is 0.366 e. The summed E-state index contributed by atoms with van der Waals surface area (Å²) in [4.78, 5) is 16.7. The van der Waals surface area contributed by atoms with Crippen molar-refractivity contribution in [1.82, 2.24) is 4.98 Å². The topological polar surface area (TPSA) is 54.0 Å². The number of rotatable bonds is 5. The first-order valence-electron chi connectivity index (χ1n) is 9.18. The number of nitrogens with one attached hydrogen (secondary N) is 2. The van der Waals surface area contributed by atoms with Crippen LogP contribution in [0, 0.1) is 5.82 Å². The number of amides is 1. The van der Waals surface area contributed by atoms with Gasteiger partial charge in [-0.15, -0.1) is 0 Å². The number of carbonyl (C=O) groups is 1. The lowest BCUT2D eigenvalue weighted by Gasteiger charge is -2.19. The Kier molecular flexibility index (Phi) is 5.73. The van der Waals surface area contributed by atoms with Crippen molar-refractivity contribution in [3.05, 3.63) is 89.4 Å². The van der Waals surface area contributed by atoms with Gasteiger partial charge < -0.3 is 10.6 Å². The molecule has 0 spiro atoms. The Morgan fingerprint density at radius 3 is 2.32 bits per heavy atom. The van der Waals surface area contributed by atoms with E-state index in [0.29, 0.717) is 29.2 Å².